The summed E-state index contributed by atoms with van der Waals surface area (Å²) in [7, 11) is 0. The van der Waals surface area contributed by atoms with Gasteiger partial charge in [0, 0.05) is 18.6 Å². The van der Waals surface area contributed by atoms with Gasteiger partial charge < -0.3 is 10.2 Å². The van der Waals surface area contributed by atoms with Crippen LogP contribution in [0.2, 0.25) is 0 Å². The van der Waals surface area contributed by atoms with Gasteiger partial charge in [-0.15, -0.1) is 0 Å². The van der Waals surface area contributed by atoms with Gasteiger partial charge >= 0.3 is 0 Å². The third kappa shape index (κ3) is 5.26. The summed E-state index contributed by atoms with van der Waals surface area (Å²) in [6.07, 6.45) is 2.36. The summed E-state index contributed by atoms with van der Waals surface area (Å²) in [6, 6.07) is 9.88. The van der Waals surface area contributed by atoms with Crippen LogP contribution in [0.25, 0.3) is 0 Å². The van der Waals surface area contributed by atoms with Crippen LogP contribution >= 0.6 is 0 Å². The fraction of sp³-hybridized carbons (Fsp3) is 0.667. The minimum atomic E-state index is 0.476. The molecule has 0 aliphatic heterocycles. The molecular formula is C18H32N2. The summed E-state index contributed by atoms with van der Waals surface area (Å²) in [5.41, 5.74) is 2.86. The second-order valence-electron chi connectivity index (χ2n) is 5.87. The molecule has 0 saturated carbocycles. The zero-order valence-electron chi connectivity index (χ0n) is 13.9. The number of aryl methyl sites for hydroxylation is 1. The van der Waals surface area contributed by atoms with Crippen LogP contribution in [0.4, 0.5) is 0 Å². The predicted octanol–water partition coefficient (Wildman–Crippen LogP) is 4.16. The monoisotopic (exact) mass is 276 g/mol. The third-order valence-electron chi connectivity index (χ3n) is 4.05. The van der Waals surface area contributed by atoms with Crippen molar-refractivity contribution in [2.24, 2.45) is 0 Å². The Labute approximate surface area is 125 Å². The highest BCUT2D eigenvalue weighted by Gasteiger charge is 2.15. The van der Waals surface area contributed by atoms with Crippen molar-refractivity contribution in [2.75, 3.05) is 19.6 Å². The Morgan fingerprint density at radius 3 is 2.40 bits per heavy atom. The van der Waals surface area contributed by atoms with Crippen molar-refractivity contribution >= 4 is 0 Å². The smallest absolute Gasteiger partial charge is 0.0335 e. The molecule has 20 heavy (non-hydrogen) atoms. The number of nitrogens with one attached hydrogen (secondary N) is 1. The Hall–Kier alpha value is -0.860. The first-order valence-electron chi connectivity index (χ1n) is 8.13. The normalized spacial score (nSPS) is 13.2. The number of hydrogen-bond donors (Lipinski definition) is 1. The molecule has 0 saturated heterocycles. The molecule has 1 atom stereocenters. The van der Waals surface area contributed by atoms with E-state index >= 15 is 0 Å². The lowest BCUT2D eigenvalue weighted by Crippen LogP contribution is -2.34. The van der Waals surface area contributed by atoms with Crippen molar-refractivity contribution in [1.82, 2.24) is 10.2 Å². The first kappa shape index (κ1) is 17.2. The van der Waals surface area contributed by atoms with Crippen molar-refractivity contribution < 1.29 is 0 Å². The molecular weight excluding hydrogens is 244 g/mol. The molecule has 0 bridgehead atoms. The minimum Gasteiger partial charge on any atom is -0.310 e. The largest absolute Gasteiger partial charge is 0.310 e. The minimum absolute atomic E-state index is 0.476. The molecule has 1 aromatic carbocycles. The SMILES string of the molecule is CCCNC(CCN(CC)C(C)C)c1ccccc1C. The van der Waals surface area contributed by atoms with Crippen molar-refractivity contribution in [3.05, 3.63) is 35.4 Å². The van der Waals surface area contributed by atoms with Gasteiger partial charge in [-0.2, -0.15) is 0 Å². The maximum Gasteiger partial charge on any atom is 0.0335 e. The Morgan fingerprint density at radius 1 is 1.15 bits per heavy atom. The molecule has 1 rings (SSSR count). The van der Waals surface area contributed by atoms with E-state index in [1.54, 1.807) is 0 Å². The highest BCUT2D eigenvalue weighted by molar-refractivity contribution is 5.28. The molecule has 0 fully saturated rings. The zero-order valence-corrected chi connectivity index (χ0v) is 13.9. The number of nitrogens with zero attached hydrogens (tertiary/aromatic N) is 1. The lowest BCUT2D eigenvalue weighted by atomic mass is 9.98. The lowest BCUT2D eigenvalue weighted by molar-refractivity contribution is 0.220. The Balaban J connectivity index is 2.72. The Morgan fingerprint density at radius 2 is 1.85 bits per heavy atom. The van der Waals surface area contributed by atoms with Crippen LogP contribution in [0, 0.1) is 6.92 Å². The van der Waals surface area contributed by atoms with E-state index in [1.165, 1.54) is 24.0 Å². The van der Waals surface area contributed by atoms with E-state index in [9.17, 15) is 0 Å². The van der Waals surface area contributed by atoms with E-state index in [4.69, 9.17) is 0 Å². The van der Waals surface area contributed by atoms with Gasteiger partial charge in [-0.3, -0.25) is 0 Å². The van der Waals surface area contributed by atoms with Gasteiger partial charge in [0.2, 0.25) is 0 Å². The summed E-state index contributed by atoms with van der Waals surface area (Å²) in [4.78, 5) is 2.54. The Kier molecular flexibility index (Phi) is 7.86. The molecule has 0 aliphatic carbocycles. The van der Waals surface area contributed by atoms with Gasteiger partial charge in [0.15, 0.2) is 0 Å². The van der Waals surface area contributed by atoms with E-state index in [1.807, 2.05) is 0 Å². The average Bonchev–Trinajstić information content (AvgIpc) is 2.43. The van der Waals surface area contributed by atoms with E-state index in [0.717, 1.165) is 19.6 Å². The third-order valence-corrected chi connectivity index (χ3v) is 4.05. The van der Waals surface area contributed by atoms with Crippen LogP contribution in [-0.2, 0) is 0 Å². The molecule has 1 N–H and O–H groups in total. The summed E-state index contributed by atoms with van der Waals surface area (Å²) >= 11 is 0. The van der Waals surface area contributed by atoms with Gasteiger partial charge in [-0.25, -0.2) is 0 Å². The number of rotatable bonds is 9. The molecule has 1 unspecified atom stereocenters. The summed E-state index contributed by atoms with van der Waals surface area (Å²) in [5, 5.41) is 3.72. The van der Waals surface area contributed by atoms with E-state index < -0.39 is 0 Å². The standard InChI is InChI=1S/C18H32N2/c1-6-13-19-18(12-14-20(7-2)15(3)4)17-11-9-8-10-16(17)5/h8-11,15,18-19H,6-7,12-14H2,1-5H3. The maximum absolute atomic E-state index is 3.72. The molecule has 114 valence electrons. The van der Waals surface area contributed by atoms with Gasteiger partial charge in [0.05, 0.1) is 0 Å². The van der Waals surface area contributed by atoms with Crippen molar-refractivity contribution in [3.63, 3.8) is 0 Å². The van der Waals surface area contributed by atoms with E-state index in [0.29, 0.717) is 12.1 Å². The molecule has 2 nitrogen and oxygen atoms in total. The average molecular weight is 276 g/mol. The molecule has 1 aromatic rings. The van der Waals surface area contributed by atoms with Crippen LogP contribution in [-0.4, -0.2) is 30.6 Å². The van der Waals surface area contributed by atoms with Gasteiger partial charge in [-0.1, -0.05) is 38.1 Å². The number of benzene rings is 1. The maximum atomic E-state index is 3.72. The van der Waals surface area contributed by atoms with Crippen LogP contribution in [0.15, 0.2) is 24.3 Å². The Bertz CT molecular complexity index is 373. The van der Waals surface area contributed by atoms with E-state index in [-0.39, 0.29) is 0 Å². The molecule has 0 aliphatic rings. The molecule has 0 amide bonds. The molecule has 0 spiro atoms. The predicted molar refractivity (Wildman–Crippen MR) is 89.2 cm³/mol. The second-order valence-corrected chi connectivity index (χ2v) is 5.87. The van der Waals surface area contributed by atoms with Crippen LogP contribution in [0.5, 0.6) is 0 Å². The van der Waals surface area contributed by atoms with Gasteiger partial charge in [-0.05, 0) is 57.8 Å². The highest BCUT2D eigenvalue weighted by atomic mass is 15.1. The van der Waals surface area contributed by atoms with Gasteiger partial charge in [0.1, 0.15) is 0 Å². The molecule has 0 heterocycles. The molecule has 0 radical (unpaired) electrons. The van der Waals surface area contributed by atoms with Crippen molar-refractivity contribution in [2.45, 2.75) is 59.5 Å². The summed E-state index contributed by atoms with van der Waals surface area (Å²) < 4.78 is 0. The second kappa shape index (κ2) is 9.15. The highest BCUT2D eigenvalue weighted by Crippen LogP contribution is 2.21. The van der Waals surface area contributed by atoms with Crippen molar-refractivity contribution in [1.29, 1.82) is 0 Å². The van der Waals surface area contributed by atoms with Gasteiger partial charge in [0.25, 0.3) is 0 Å². The molecule has 0 aromatic heterocycles. The van der Waals surface area contributed by atoms with Crippen LogP contribution in [0.3, 0.4) is 0 Å². The summed E-state index contributed by atoms with van der Waals surface area (Å²) in [5.74, 6) is 0. The lowest BCUT2D eigenvalue weighted by Gasteiger charge is -2.28. The first-order valence-corrected chi connectivity index (χ1v) is 8.13. The summed E-state index contributed by atoms with van der Waals surface area (Å²) in [6.45, 7) is 14.6. The quantitative estimate of drug-likeness (QED) is 0.728. The van der Waals surface area contributed by atoms with Crippen LogP contribution in [0.1, 0.15) is 57.7 Å². The fourth-order valence-electron chi connectivity index (χ4n) is 2.74. The number of hydrogen-bond acceptors (Lipinski definition) is 2. The fourth-order valence-corrected chi connectivity index (χ4v) is 2.74. The van der Waals surface area contributed by atoms with E-state index in [2.05, 4.69) is 69.1 Å². The topological polar surface area (TPSA) is 15.3 Å². The molecule has 2 heteroatoms. The van der Waals surface area contributed by atoms with Crippen LogP contribution < -0.4 is 5.32 Å². The van der Waals surface area contributed by atoms with Crippen molar-refractivity contribution in [3.8, 4) is 0 Å². The zero-order chi connectivity index (χ0) is 15.0. The first-order chi connectivity index (χ1) is 9.60.